The molecule has 0 spiro atoms. The van der Waals surface area contributed by atoms with Gasteiger partial charge in [-0.3, -0.25) is 14.2 Å². The van der Waals surface area contributed by atoms with Crippen LogP contribution in [0.3, 0.4) is 0 Å². The molecule has 1 saturated heterocycles. The number of fused-ring (bicyclic) bond motifs is 3. The number of para-hydroxylation sites is 1. The Balaban J connectivity index is 1.56. The molecule has 3 heterocycles. The second-order valence-corrected chi connectivity index (χ2v) is 11.3. The number of likely N-dealkylation sites (tertiary alicyclic amines) is 1. The highest BCUT2D eigenvalue weighted by Gasteiger charge is 2.45. The van der Waals surface area contributed by atoms with Gasteiger partial charge in [-0.1, -0.05) is 23.7 Å². The third-order valence-corrected chi connectivity index (χ3v) is 8.10. The van der Waals surface area contributed by atoms with E-state index in [1.165, 1.54) is 41.3 Å². The maximum atomic E-state index is 14.3. The summed E-state index contributed by atoms with van der Waals surface area (Å²) in [7, 11) is 1.12. The Labute approximate surface area is 269 Å². The van der Waals surface area contributed by atoms with Gasteiger partial charge in [-0.15, -0.1) is 23.4 Å². The van der Waals surface area contributed by atoms with Gasteiger partial charge in [0.1, 0.15) is 12.2 Å². The van der Waals surface area contributed by atoms with Crippen molar-refractivity contribution in [2.24, 2.45) is 5.92 Å². The van der Waals surface area contributed by atoms with Crippen molar-refractivity contribution in [3.8, 4) is 17.2 Å². The van der Waals surface area contributed by atoms with Crippen LogP contribution < -0.4 is 9.47 Å². The Hall–Kier alpha value is -4.05. The molecule has 0 unspecified atom stereocenters. The number of ether oxygens (including phenoxy) is 4. The fourth-order valence-corrected chi connectivity index (χ4v) is 5.98. The van der Waals surface area contributed by atoms with Gasteiger partial charge in [-0.05, 0) is 49.9 Å². The number of carbonyl (C=O) groups is 2. The zero-order chi connectivity index (χ0) is 34.1. The van der Waals surface area contributed by atoms with Gasteiger partial charge >= 0.3 is 18.5 Å². The highest BCUT2D eigenvalue weighted by molar-refractivity contribution is 6.30. The van der Waals surface area contributed by atoms with Crippen LogP contribution in [-0.4, -0.2) is 64.7 Å². The first-order valence-electron chi connectivity index (χ1n) is 14.5. The lowest BCUT2D eigenvalue weighted by molar-refractivity contribution is -0.275. The van der Waals surface area contributed by atoms with Crippen molar-refractivity contribution in [2.45, 2.75) is 57.4 Å². The zero-order valence-corrected chi connectivity index (χ0v) is 25.8. The summed E-state index contributed by atoms with van der Waals surface area (Å²) in [5.41, 5.74) is -0.504. The smallest absolute Gasteiger partial charge is 0.493 e. The van der Waals surface area contributed by atoms with E-state index in [2.05, 4.69) is 14.9 Å². The topological polar surface area (TPSA) is 105 Å². The fraction of sp³-hybridized carbons (Fsp3) is 0.467. The molecule has 2 aliphatic heterocycles. The Morgan fingerprint density at radius 1 is 1.02 bits per heavy atom. The third kappa shape index (κ3) is 7.59. The maximum Gasteiger partial charge on any atom is 0.573 e. The summed E-state index contributed by atoms with van der Waals surface area (Å²) in [6.07, 6.45) is -12.6. The van der Waals surface area contributed by atoms with Gasteiger partial charge in [-0.2, -0.15) is 13.2 Å². The van der Waals surface area contributed by atoms with Crippen LogP contribution in [0.5, 0.6) is 11.5 Å². The van der Waals surface area contributed by atoms with Gasteiger partial charge in [0, 0.05) is 35.7 Å². The molecule has 3 aromatic rings. The predicted molar refractivity (Wildman–Crippen MR) is 152 cm³/mol. The minimum absolute atomic E-state index is 0.0200. The van der Waals surface area contributed by atoms with E-state index >= 15 is 0 Å². The minimum atomic E-state index is -5.18. The van der Waals surface area contributed by atoms with E-state index in [0.29, 0.717) is 17.4 Å². The van der Waals surface area contributed by atoms with Gasteiger partial charge in [0.2, 0.25) is 11.7 Å². The summed E-state index contributed by atoms with van der Waals surface area (Å²) >= 11 is 6.26. The molecule has 5 rings (SSSR count). The standard InChI is InChI=1S/C30H29ClF6N4O6/c1-3-45-24(43)13-16-9-11-40(12-10-16)23(42)15-22-27-38-39-28(29(32,33)34)41(27)20-8-7-17(31)14-19(20)25(46-22)18-5-4-6-21(44-2)26(18)47-30(35,36)37/h4-8,14,16,22,25H,3,9-13,15H2,1-2H3/t22-,25-/m1/s1. The highest BCUT2D eigenvalue weighted by atomic mass is 35.5. The van der Waals surface area contributed by atoms with E-state index < -0.39 is 54.5 Å². The monoisotopic (exact) mass is 690 g/mol. The molecule has 2 aromatic carbocycles. The quantitative estimate of drug-likeness (QED) is 0.193. The first-order valence-corrected chi connectivity index (χ1v) is 14.9. The van der Waals surface area contributed by atoms with Crippen molar-refractivity contribution < 1.29 is 54.9 Å². The summed E-state index contributed by atoms with van der Waals surface area (Å²) in [4.78, 5) is 27.0. The molecule has 1 amide bonds. The van der Waals surface area contributed by atoms with E-state index in [0.717, 1.165) is 7.11 Å². The number of methoxy groups -OCH3 is 1. The van der Waals surface area contributed by atoms with Crippen molar-refractivity contribution in [1.29, 1.82) is 0 Å². The Bertz CT molecular complexity index is 1620. The van der Waals surface area contributed by atoms with Crippen LogP contribution in [0.2, 0.25) is 5.02 Å². The molecule has 10 nitrogen and oxygen atoms in total. The molecule has 1 fully saturated rings. The lowest BCUT2D eigenvalue weighted by Crippen LogP contribution is -2.39. The molecule has 0 saturated carbocycles. The Morgan fingerprint density at radius 3 is 2.38 bits per heavy atom. The average Bonchev–Trinajstić information content (AvgIpc) is 3.40. The molecule has 254 valence electrons. The largest absolute Gasteiger partial charge is 0.573 e. The van der Waals surface area contributed by atoms with Crippen molar-refractivity contribution in [1.82, 2.24) is 19.7 Å². The summed E-state index contributed by atoms with van der Waals surface area (Å²) in [5, 5.41) is 7.17. The third-order valence-electron chi connectivity index (χ3n) is 7.86. The zero-order valence-electron chi connectivity index (χ0n) is 25.0. The van der Waals surface area contributed by atoms with E-state index in [1.807, 2.05) is 0 Å². The number of nitrogens with zero attached hydrogens (tertiary/aromatic N) is 4. The van der Waals surface area contributed by atoms with Crippen molar-refractivity contribution >= 4 is 23.5 Å². The van der Waals surface area contributed by atoms with E-state index in [9.17, 15) is 35.9 Å². The van der Waals surface area contributed by atoms with Crippen molar-refractivity contribution in [3.05, 3.63) is 64.2 Å². The van der Waals surface area contributed by atoms with Gasteiger partial charge < -0.3 is 23.8 Å². The van der Waals surface area contributed by atoms with Crippen LogP contribution in [0.1, 0.15) is 67.6 Å². The van der Waals surface area contributed by atoms with Crippen LogP contribution in [0.4, 0.5) is 26.3 Å². The van der Waals surface area contributed by atoms with Crippen molar-refractivity contribution in [2.75, 3.05) is 26.8 Å². The van der Waals surface area contributed by atoms with Crippen LogP contribution in [0.25, 0.3) is 5.69 Å². The van der Waals surface area contributed by atoms with E-state index in [1.54, 1.807) is 6.92 Å². The number of aromatic nitrogens is 3. The normalized spacial score (nSPS) is 18.6. The number of hydrogen-bond donors (Lipinski definition) is 0. The van der Waals surface area contributed by atoms with Crippen molar-refractivity contribution in [3.63, 3.8) is 0 Å². The molecular formula is C30H29ClF6N4O6. The Kier molecular flexibility index (Phi) is 9.91. The maximum absolute atomic E-state index is 14.3. The number of piperidine rings is 1. The highest BCUT2D eigenvalue weighted by Crippen LogP contribution is 2.48. The summed E-state index contributed by atoms with van der Waals surface area (Å²) in [6, 6.07) is 7.59. The first-order chi connectivity index (χ1) is 22.2. The molecule has 0 aliphatic carbocycles. The lowest BCUT2D eigenvalue weighted by atomic mass is 9.93. The van der Waals surface area contributed by atoms with Crippen LogP contribution in [0, 0.1) is 5.92 Å². The molecule has 0 radical (unpaired) electrons. The number of benzene rings is 2. The molecule has 1 aromatic heterocycles. The van der Waals surface area contributed by atoms with Crippen LogP contribution in [-0.2, 0) is 25.2 Å². The summed E-state index contributed by atoms with van der Waals surface area (Å²) < 4.78 is 105. The molecule has 47 heavy (non-hydrogen) atoms. The van der Waals surface area contributed by atoms with Gasteiger partial charge in [0.25, 0.3) is 0 Å². The number of amides is 1. The molecule has 0 bridgehead atoms. The molecule has 0 N–H and O–H groups in total. The number of rotatable bonds is 8. The number of alkyl halides is 6. The van der Waals surface area contributed by atoms with Gasteiger partial charge in [0.15, 0.2) is 17.3 Å². The average molecular weight is 691 g/mol. The lowest BCUT2D eigenvalue weighted by Gasteiger charge is -2.32. The molecule has 2 atom stereocenters. The fourth-order valence-electron chi connectivity index (χ4n) is 5.80. The number of halogens is 7. The van der Waals surface area contributed by atoms with Crippen LogP contribution in [0.15, 0.2) is 36.4 Å². The predicted octanol–water partition coefficient (Wildman–Crippen LogP) is 6.59. The summed E-state index contributed by atoms with van der Waals surface area (Å²) in [6.45, 7) is 2.46. The molecule has 2 aliphatic rings. The second-order valence-electron chi connectivity index (χ2n) is 10.9. The number of esters is 1. The van der Waals surface area contributed by atoms with Gasteiger partial charge in [0.05, 0.1) is 25.8 Å². The second kappa shape index (κ2) is 13.6. The SMILES string of the molecule is CCOC(=O)CC1CCN(C(=O)C[C@H]2O[C@H](c3cccc(OC)c3OC(F)(F)F)c3cc(Cl)ccc3-n3c2nnc3C(F)(F)F)CC1. The molecule has 17 heteroatoms. The summed E-state index contributed by atoms with van der Waals surface area (Å²) in [5.74, 6) is -3.82. The van der Waals surface area contributed by atoms with E-state index in [4.69, 9.17) is 25.8 Å². The minimum Gasteiger partial charge on any atom is -0.493 e. The van der Waals surface area contributed by atoms with Gasteiger partial charge in [-0.25, -0.2) is 0 Å². The van der Waals surface area contributed by atoms with Crippen LogP contribution >= 0.6 is 11.6 Å². The Morgan fingerprint density at radius 2 is 1.74 bits per heavy atom. The number of hydrogen-bond acceptors (Lipinski definition) is 8. The number of carbonyl (C=O) groups excluding carboxylic acids is 2. The first kappa shape index (κ1) is 34.3. The van der Waals surface area contributed by atoms with E-state index in [-0.39, 0.29) is 65.6 Å². The molecular weight excluding hydrogens is 662 g/mol.